The molecular formula is C20H24ClNOS. The van der Waals surface area contributed by atoms with E-state index in [1.807, 2.05) is 18.2 Å². The van der Waals surface area contributed by atoms with Crippen LogP contribution in [0.25, 0.3) is 0 Å². The molecule has 1 aliphatic rings. The molecule has 128 valence electrons. The van der Waals surface area contributed by atoms with Crippen LogP contribution < -0.4 is 0 Å². The molecule has 1 aliphatic heterocycles. The molecule has 3 atom stereocenters. The van der Waals surface area contributed by atoms with Gasteiger partial charge in [-0.1, -0.05) is 48.5 Å². The first-order chi connectivity index (χ1) is 11.5. The molecule has 0 saturated carbocycles. The lowest BCUT2D eigenvalue weighted by Gasteiger charge is -2.27. The summed E-state index contributed by atoms with van der Waals surface area (Å²) in [5, 5.41) is 11.8. The van der Waals surface area contributed by atoms with Crippen LogP contribution in [-0.2, 0) is 0 Å². The van der Waals surface area contributed by atoms with Gasteiger partial charge in [-0.2, -0.15) is 0 Å². The number of halogens is 1. The summed E-state index contributed by atoms with van der Waals surface area (Å²) in [4.78, 5) is 4.54. The molecule has 3 rings (SSSR count). The Labute approximate surface area is 153 Å². The fourth-order valence-corrected chi connectivity index (χ4v) is 4.95. The molecule has 1 heterocycles. The van der Waals surface area contributed by atoms with Crippen molar-refractivity contribution in [3.63, 3.8) is 0 Å². The summed E-state index contributed by atoms with van der Waals surface area (Å²) in [6.07, 6.45) is 0.419. The van der Waals surface area contributed by atoms with Crippen LogP contribution in [0.5, 0.6) is 0 Å². The molecule has 0 radical (unpaired) electrons. The highest BCUT2D eigenvalue weighted by molar-refractivity contribution is 7.99. The minimum Gasteiger partial charge on any atom is -0.388 e. The second kappa shape index (κ2) is 7.49. The van der Waals surface area contributed by atoms with Crippen LogP contribution >= 0.6 is 23.4 Å². The predicted molar refractivity (Wildman–Crippen MR) is 102 cm³/mol. The van der Waals surface area contributed by atoms with Crippen LogP contribution in [0.3, 0.4) is 0 Å². The molecule has 0 bridgehead atoms. The van der Waals surface area contributed by atoms with Crippen molar-refractivity contribution < 1.29 is 5.11 Å². The van der Waals surface area contributed by atoms with Gasteiger partial charge in [0.05, 0.1) is 6.10 Å². The molecule has 2 aromatic carbocycles. The standard InChI is InChI=1S/C20H24ClNOS/c1-13(12-22(2)3)10-16-15-6-4-5-7-18(15)24-19-9-8-14(21)11-17(19)20(16)23/h4-9,11,13,16,20,23H,10,12H2,1-3H3/t13?,16-,20-/m0/s1. The van der Waals surface area contributed by atoms with E-state index in [1.165, 1.54) is 10.5 Å². The lowest BCUT2D eigenvalue weighted by Crippen LogP contribution is -2.23. The number of rotatable bonds is 4. The van der Waals surface area contributed by atoms with Crippen LogP contribution in [-0.4, -0.2) is 30.6 Å². The Morgan fingerprint density at radius 3 is 2.58 bits per heavy atom. The third-order valence-electron chi connectivity index (χ3n) is 4.54. The van der Waals surface area contributed by atoms with Gasteiger partial charge in [-0.15, -0.1) is 0 Å². The second-order valence-corrected chi connectivity index (χ2v) is 8.50. The molecular weight excluding hydrogens is 338 g/mol. The van der Waals surface area contributed by atoms with Crippen LogP contribution in [0.1, 0.15) is 36.5 Å². The molecule has 4 heteroatoms. The number of hydrogen-bond acceptors (Lipinski definition) is 3. The van der Waals surface area contributed by atoms with Gasteiger partial charge in [-0.3, -0.25) is 0 Å². The maximum atomic E-state index is 11.2. The first kappa shape index (κ1) is 17.8. The molecule has 24 heavy (non-hydrogen) atoms. The molecule has 1 N–H and O–H groups in total. The Kier molecular flexibility index (Phi) is 5.56. The van der Waals surface area contributed by atoms with Crippen molar-refractivity contribution in [3.8, 4) is 0 Å². The zero-order valence-corrected chi connectivity index (χ0v) is 15.9. The van der Waals surface area contributed by atoms with Gasteiger partial charge in [0.25, 0.3) is 0 Å². The Morgan fingerprint density at radius 2 is 1.83 bits per heavy atom. The van der Waals surface area contributed by atoms with Crippen molar-refractivity contribution in [2.45, 2.75) is 35.2 Å². The van der Waals surface area contributed by atoms with Gasteiger partial charge in [0.2, 0.25) is 0 Å². The molecule has 0 aliphatic carbocycles. The third kappa shape index (κ3) is 3.80. The topological polar surface area (TPSA) is 23.5 Å². The second-order valence-electron chi connectivity index (χ2n) is 6.98. The van der Waals surface area contributed by atoms with Gasteiger partial charge < -0.3 is 10.0 Å². The van der Waals surface area contributed by atoms with Gasteiger partial charge in [-0.25, -0.2) is 0 Å². The largest absolute Gasteiger partial charge is 0.388 e. The lowest BCUT2D eigenvalue weighted by atomic mass is 9.82. The highest BCUT2D eigenvalue weighted by atomic mass is 35.5. The normalized spacial score (nSPS) is 21.1. The number of fused-ring (bicyclic) bond motifs is 2. The molecule has 0 aromatic heterocycles. The van der Waals surface area contributed by atoms with E-state index in [1.54, 1.807) is 11.8 Å². The average Bonchev–Trinajstić information content (AvgIpc) is 2.63. The summed E-state index contributed by atoms with van der Waals surface area (Å²) < 4.78 is 0. The Balaban J connectivity index is 2.01. The summed E-state index contributed by atoms with van der Waals surface area (Å²) in [7, 11) is 4.19. The van der Waals surface area contributed by atoms with E-state index in [-0.39, 0.29) is 5.92 Å². The maximum absolute atomic E-state index is 11.2. The fourth-order valence-electron chi connectivity index (χ4n) is 3.62. The highest BCUT2D eigenvalue weighted by Gasteiger charge is 2.31. The predicted octanol–water partition coefficient (Wildman–Crippen LogP) is 5.21. The van der Waals surface area contributed by atoms with Gasteiger partial charge in [0, 0.05) is 27.3 Å². The Bertz CT molecular complexity index is 719. The summed E-state index contributed by atoms with van der Waals surface area (Å²) in [6.45, 7) is 3.27. The Morgan fingerprint density at radius 1 is 1.12 bits per heavy atom. The number of hydrogen-bond donors (Lipinski definition) is 1. The molecule has 0 amide bonds. The molecule has 0 spiro atoms. The van der Waals surface area contributed by atoms with Gasteiger partial charge in [0.1, 0.15) is 0 Å². The first-order valence-corrected chi connectivity index (χ1v) is 9.54. The number of nitrogens with zero attached hydrogens (tertiary/aromatic N) is 1. The molecule has 2 nitrogen and oxygen atoms in total. The van der Waals surface area contributed by atoms with Crippen LogP contribution in [0, 0.1) is 5.92 Å². The van der Waals surface area contributed by atoms with E-state index in [0.717, 1.165) is 23.4 Å². The zero-order chi connectivity index (χ0) is 17.3. The van der Waals surface area contributed by atoms with Gasteiger partial charge in [0.15, 0.2) is 0 Å². The minimum absolute atomic E-state index is 0.0865. The van der Waals surface area contributed by atoms with Crippen molar-refractivity contribution in [1.29, 1.82) is 0 Å². The van der Waals surface area contributed by atoms with E-state index >= 15 is 0 Å². The first-order valence-electron chi connectivity index (χ1n) is 8.34. The molecule has 2 aromatic rings. The number of benzene rings is 2. The summed E-state index contributed by atoms with van der Waals surface area (Å²) in [6, 6.07) is 14.3. The average molecular weight is 362 g/mol. The monoisotopic (exact) mass is 361 g/mol. The lowest BCUT2D eigenvalue weighted by molar-refractivity contribution is 0.126. The van der Waals surface area contributed by atoms with E-state index in [0.29, 0.717) is 10.9 Å². The molecule has 1 unspecified atom stereocenters. The smallest absolute Gasteiger partial charge is 0.0870 e. The minimum atomic E-state index is -0.528. The highest BCUT2D eigenvalue weighted by Crippen LogP contribution is 2.48. The van der Waals surface area contributed by atoms with Crippen LogP contribution in [0.2, 0.25) is 5.02 Å². The zero-order valence-electron chi connectivity index (χ0n) is 14.4. The maximum Gasteiger partial charge on any atom is 0.0870 e. The molecule has 0 saturated heterocycles. The van der Waals surface area contributed by atoms with Crippen LogP contribution in [0.15, 0.2) is 52.3 Å². The number of aliphatic hydroxyl groups is 1. The fraction of sp³-hybridized carbons (Fsp3) is 0.400. The van der Waals surface area contributed by atoms with Crippen LogP contribution in [0.4, 0.5) is 0 Å². The quantitative estimate of drug-likeness (QED) is 0.808. The summed E-state index contributed by atoms with van der Waals surface area (Å²) in [5.41, 5.74) is 2.19. The summed E-state index contributed by atoms with van der Waals surface area (Å²) in [5.74, 6) is 0.585. The van der Waals surface area contributed by atoms with Gasteiger partial charge in [-0.05, 0) is 61.8 Å². The van der Waals surface area contributed by atoms with E-state index in [9.17, 15) is 5.11 Å². The number of aliphatic hydroxyl groups excluding tert-OH is 1. The van der Waals surface area contributed by atoms with Crippen molar-refractivity contribution in [2.75, 3.05) is 20.6 Å². The Hall–Kier alpha value is -1.00. The van der Waals surface area contributed by atoms with Crippen molar-refractivity contribution in [1.82, 2.24) is 4.90 Å². The molecule has 0 fully saturated rings. The van der Waals surface area contributed by atoms with Crippen molar-refractivity contribution in [3.05, 3.63) is 58.6 Å². The van der Waals surface area contributed by atoms with E-state index < -0.39 is 6.10 Å². The summed E-state index contributed by atoms with van der Waals surface area (Å²) >= 11 is 7.93. The van der Waals surface area contributed by atoms with E-state index in [2.05, 4.69) is 50.2 Å². The third-order valence-corrected chi connectivity index (χ3v) is 5.96. The van der Waals surface area contributed by atoms with Crippen molar-refractivity contribution >= 4 is 23.4 Å². The van der Waals surface area contributed by atoms with E-state index in [4.69, 9.17) is 11.6 Å². The van der Waals surface area contributed by atoms with Gasteiger partial charge >= 0.3 is 0 Å². The SMILES string of the molecule is CC(C[C@H]1c2ccccc2Sc2ccc(Cl)cc2[C@H]1O)CN(C)C. The van der Waals surface area contributed by atoms with Crippen molar-refractivity contribution in [2.24, 2.45) is 5.92 Å².